The topological polar surface area (TPSA) is 156 Å². The molecular formula is C31H63N4O6+. The van der Waals surface area contributed by atoms with E-state index in [9.17, 15) is 19.8 Å². The average Bonchev–Trinajstić information content (AvgIpc) is 3.00. The first-order valence-electron chi connectivity index (χ1n) is 16.3. The molecule has 2 rings (SSSR count). The number of likely N-dealkylation sites (tertiary alicyclic amines) is 2. The molecule has 0 aromatic carbocycles. The smallest absolute Gasteiger partial charge is 0.225 e. The average molecular weight is 588 g/mol. The second-order valence-electron chi connectivity index (χ2n) is 12.4. The number of rotatable bonds is 19. The number of carbonyl (C=O) groups excluding carboxylic acids is 2. The summed E-state index contributed by atoms with van der Waals surface area (Å²) in [6, 6.07) is 0. The molecule has 2 saturated heterocycles. The van der Waals surface area contributed by atoms with E-state index in [1.54, 1.807) is 0 Å². The Morgan fingerprint density at radius 1 is 0.927 bits per heavy atom. The fraction of sp³-hybridized carbons (Fsp3) is 0.935. The molecule has 2 unspecified atom stereocenters. The summed E-state index contributed by atoms with van der Waals surface area (Å²) in [6.07, 6.45) is 11.3. The normalized spacial score (nSPS) is 23.3. The number of amides is 1. The standard InChI is InChI=1S/C28H53N3O4.C3H9NO2/c1-3-5-15-29-28(35)14-21-31(22-27(34)23-32)19-12-25(13-20-31)8-6-7-24-9-16-30(17-10-24)18-11-26(33)4-2;4-1-3(6)2-5/h24-25,27,32,34H,3-23H2,1-2H3;3,5-6H,1-2,4H2/p+1. The lowest BCUT2D eigenvalue weighted by molar-refractivity contribution is -0.935. The Morgan fingerprint density at radius 2 is 1.54 bits per heavy atom. The highest BCUT2D eigenvalue weighted by Gasteiger charge is 2.36. The van der Waals surface area contributed by atoms with Crippen molar-refractivity contribution in [2.24, 2.45) is 17.6 Å². The van der Waals surface area contributed by atoms with E-state index in [2.05, 4.69) is 17.1 Å². The lowest BCUT2D eigenvalue weighted by Gasteiger charge is -2.44. The number of Topliss-reactive ketones (excluding diaryl/α,β-unsaturated/α-hetero) is 1. The summed E-state index contributed by atoms with van der Waals surface area (Å²) in [5, 5.41) is 38.9. The molecule has 0 aromatic heterocycles. The molecule has 10 heteroatoms. The maximum atomic E-state index is 12.3. The summed E-state index contributed by atoms with van der Waals surface area (Å²) < 4.78 is 0.762. The molecule has 0 aromatic rings. The number of hydrogen-bond donors (Lipinski definition) is 6. The summed E-state index contributed by atoms with van der Waals surface area (Å²) in [5.74, 6) is 2.06. The largest absolute Gasteiger partial charge is 0.394 e. The zero-order chi connectivity index (χ0) is 30.5. The van der Waals surface area contributed by atoms with E-state index in [0.29, 0.717) is 31.6 Å². The molecule has 2 aliphatic rings. The molecule has 0 saturated carbocycles. The van der Waals surface area contributed by atoms with Crippen LogP contribution in [0.1, 0.15) is 90.9 Å². The van der Waals surface area contributed by atoms with Gasteiger partial charge in [-0.25, -0.2) is 0 Å². The quantitative estimate of drug-likeness (QED) is 0.0979. The van der Waals surface area contributed by atoms with E-state index in [1.807, 2.05) is 6.92 Å². The SMILES string of the molecule is CCCCNC(=O)CC[N+]1(CC(O)CO)CCC(CCCC2CCN(CCC(=O)CC)CC2)CC1.NCC(O)CO. The van der Waals surface area contributed by atoms with E-state index >= 15 is 0 Å². The molecule has 2 fully saturated rings. The molecule has 2 heterocycles. The minimum Gasteiger partial charge on any atom is -0.394 e. The maximum Gasteiger partial charge on any atom is 0.225 e. The molecule has 0 radical (unpaired) electrons. The van der Waals surface area contributed by atoms with Crippen LogP contribution in [-0.4, -0.2) is 126 Å². The predicted molar refractivity (Wildman–Crippen MR) is 163 cm³/mol. The fourth-order valence-corrected chi connectivity index (χ4v) is 6.02. The zero-order valence-electron chi connectivity index (χ0n) is 26.1. The lowest BCUT2D eigenvalue weighted by atomic mass is 9.86. The van der Waals surface area contributed by atoms with Crippen molar-refractivity contribution in [1.82, 2.24) is 10.2 Å². The van der Waals surface area contributed by atoms with Crippen LogP contribution < -0.4 is 11.1 Å². The van der Waals surface area contributed by atoms with E-state index < -0.39 is 12.2 Å². The highest BCUT2D eigenvalue weighted by molar-refractivity contribution is 5.78. The van der Waals surface area contributed by atoms with Crippen molar-refractivity contribution in [2.45, 2.75) is 103 Å². The minimum atomic E-state index is -0.731. The molecule has 0 spiro atoms. The van der Waals surface area contributed by atoms with Crippen molar-refractivity contribution in [2.75, 3.05) is 72.1 Å². The first-order chi connectivity index (χ1) is 19.7. The molecule has 10 nitrogen and oxygen atoms in total. The number of hydrogen-bond acceptors (Lipinski definition) is 8. The molecule has 2 aliphatic heterocycles. The van der Waals surface area contributed by atoms with Crippen molar-refractivity contribution < 1.29 is 34.5 Å². The Morgan fingerprint density at radius 3 is 2.05 bits per heavy atom. The Kier molecular flexibility index (Phi) is 20.7. The van der Waals surface area contributed by atoms with Gasteiger partial charge < -0.3 is 40.9 Å². The molecule has 7 N–H and O–H groups in total. The predicted octanol–water partition coefficient (Wildman–Crippen LogP) is 1.42. The lowest BCUT2D eigenvalue weighted by Crippen LogP contribution is -2.58. The number of aliphatic hydroxyl groups is 4. The number of quaternary nitrogens is 1. The van der Waals surface area contributed by atoms with Crippen LogP contribution in [0.4, 0.5) is 0 Å². The molecule has 1 amide bonds. The van der Waals surface area contributed by atoms with Gasteiger partial charge in [0, 0.05) is 32.5 Å². The number of piperidine rings is 2. The van der Waals surface area contributed by atoms with Gasteiger partial charge in [-0.3, -0.25) is 9.59 Å². The highest BCUT2D eigenvalue weighted by Crippen LogP contribution is 2.30. The Bertz CT molecular complexity index is 678. The van der Waals surface area contributed by atoms with Crippen molar-refractivity contribution >= 4 is 11.7 Å². The van der Waals surface area contributed by atoms with Crippen LogP contribution in [0.3, 0.4) is 0 Å². The summed E-state index contributed by atoms with van der Waals surface area (Å²) in [5.41, 5.74) is 4.87. The third-order valence-corrected chi connectivity index (χ3v) is 9.01. The summed E-state index contributed by atoms with van der Waals surface area (Å²) >= 11 is 0. The molecular weight excluding hydrogens is 524 g/mol. The first-order valence-corrected chi connectivity index (χ1v) is 16.3. The second-order valence-corrected chi connectivity index (χ2v) is 12.4. The summed E-state index contributed by atoms with van der Waals surface area (Å²) in [6.45, 7) is 11.0. The first kappa shape index (κ1) is 37.9. The van der Waals surface area contributed by atoms with Crippen molar-refractivity contribution in [3.63, 3.8) is 0 Å². The third kappa shape index (κ3) is 16.9. The van der Waals surface area contributed by atoms with E-state index in [4.69, 9.17) is 15.9 Å². The van der Waals surface area contributed by atoms with Crippen LogP contribution in [0.2, 0.25) is 0 Å². The number of ketones is 1. The Balaban J connectivity index is 0.00000126. The van der Waals surface area contributed by atoms with Gasteiger partial charge in [0.1, 0.15) is 18.4 Å². The second kappa shape index (κ2) is 22.4. The number of carbonyl (C=O) groups is 2. The van der Waals surface area contributed by atoms with Crippen LogP contribution >= 0.6 is 0 Å². The number of nitrogens with one attached hydrogen (secondary N) is 1. The van der Waals surface area contributed by atoms with Gasteiger partial charge >= 0.3 is 0 Å². The van der Waals surface area contributed by atoms with Gasteiger partial charge in [-0.1, -0.05) is 39.5 Å². The highest BCUT2D eigenvalue weighted by atomic mass is 16.3. The van der Waals surface area contributed by atoms with Crippen LogP contribution in [0.25, 0.3) is 0 Å². The van der Waals surface area contributed by atoms with Crippen LogP contribution in [0, 0.1) is 11.8 Å². The molecule has 2 atom stereocenters. The van der Waals surface area contributed by atoms with E-state index in [-0.39, 0.29) is 25.7 Å². The van der Waals surface area contributed by atoms with Gasteiger partial charge in [0.15, 0.2) is 0 Å². The van der Waals surface area contributed by atoms with Crippen molar-refractivity contribution in [1.29, 1.82) is 0 Å². The summed E-state index contributed by atoms with van der Waals surface area (Å²) in [7, 11) is 0. The van der Waals surface area contributed by atoms with Gasteiger partial charge in [-0.2, -0.15) is 0 Å². The van der Waals surface area contributed by atoms with Crippen molar-refractivity contribution in [3.05, 3.63) is 0 Å². The van der Waals surface area contributed by atoms with Crippen molar-refractivity contribution in [3.8, 4) is 0 Å². The maximum absolute atomic E-state index is 12.3. The summed E-state index contributed by atoms with van der Waals surface area (Å²) in [4.78, 5) is 26.3. The van der Waals surface area contributed by atoms with Crippen LogP contribution in [-0.2, 0) is 9.59 Å². The van der Waals surface area contributed by atoms with Crippen LogP contribution in [0.15, 0.2) is 0 Å². The van der Waals surface area contributed by atoms with Crippen LogP contribution in [0.5, 0.6) is 0 Å². The molecule has 41 heavy (non-hydrogen) atoms. The minimum absolute atomic E-state index is 0.111. The number of unbranched alkanes of at least 4 members (excludes halogenated alkanes) is 1. The van der Waals surface area contributed by atoms with Gasteiger partial charge in [0.2, 0.25) is 5.91 Å². The van der Waals surface area contributed by atoms with E-state index in [0.717, 1.165) is 87.8 Å². The number of aliphatic hydroxyl groups excluding tert-OH is 4. The Hall–Kier alpha value is -1.14. The monoisotopic (exact) mass is 587 g/mol. The van der Waals surface area contributed by atoms with E-state index in [1.165, 1.54) is 32.1 Å². The van der Waals surface area contributed by atoms with Gasteiger partial charge in [0.25, 0.3) is 0 Å². The molecule has 0 aliphatic carbocycles. The number of nitrogens with zero attached hydrogens (tertiary/aromatic N) is 2. The zero-order valence-corrected chi connectivity index (χ0v) is 26.1. The van der Waals surface area contributed by atoms with Gasteiger partial charge in [0.05, 0.1) is 45.4 Å². The fourth-order valence-electron chi connectivity index (χ4n) is 6.02. The van der Waals surface area contributed by atoms with Gasteiger partial charge in [-0.15, -0.1) is 0 Å². The third-order valence-electron chi connectivity index (χ3n) is 9.01. The molecule has 242 valence electrons. The van der Waals surface area contributed by atoms with Gasteiger partial charge in [-0.05, 0) is 57.0 Å². The number of nitrogens with two attached hydrogens (primary N) is 1. The Labute approximate surface area is 249 Å². The molecule has 0 bridgehead atoms.